The number of imidazole rings is 1. The summed E-state index contributed by atoms with van der Waals surface area (Å²) in [4.78, 5) is 16.9. The molecule has 0 aliphatic rings. The van der Waals surface area contributed by atoms with E-state index in [1.54, 1.807) is 23.9 Å². The van der Waals surface area contributed by atoms with Crippen LogP contribution >= 0.6 is 27.3 Å². The third-order valence-corrected chi connectivity index (χ3v) is 4.04. The SMILES string of the molecule is C[C@@H](Cn1ccnc1)NC(=O)Cc1ccc(Br)s1. The fourth-order valence-electron chi connectivity index (χ4n) is 1.69. The molecular weight excluding hydrogens is 314 g/mol. The molecule has 2 heterocycles. The summed E-state index contributed by atoms with van der Waals surface area (Å²) in [6, 6.07) is 4.02. The summed E-state index contributed by atoms with van der Waals surface area (Å²) in [5.74, 6) is 0.0527. The molecule has 0 radical (unpaired) electrons. The number of thiophene rings is 1. The van der Waals surface area contributed by atoms with Crippen molar-refractivity contribution >= 4 is 33.2 Å². The van der Waals surface area contributed by atoms with Crippen LogP contribution in [0, 0.1) is 0 Å². The Balaban J connectivity index is 1.80. The van der Waals surface area contributed by atoms with Crippen LogP contribution in [-0.2, 0) is 17.8 Å². The molecule has 0 saturated carbocycles. The molecule has 0 fully saturated rings. The Bertz CT molecular complexity index is 509. The Morgan fingerprint density at radius 1 is 1.61 bits per heavy atom. The fraction of sp³-hybridized carbons (Fsp3) is 0.333. The van der Waals surface area contributed by atoms with Crippen molar-refractivity contribution in [2.24, 2.45) is 0 Å². The van der Waals surface area contributed by atoms with Gasteiger partial charge in [0.15, 0.2) is 0 Å². The number of amides is 1. The highest BCUT2D eigenvalue weighted by Crippen LogP contribution is 2.22. The van der Waals surface area contributed by atoms with E-state index in [-0.39, 0.29) is 11.9 Å². The summed E-state index contributed by atoms with van der Waals surface area (Å²) >= 11 is 4.98. The van der Waals surface area contributed by atoms with Crippen molar-refractivity contribution in [2.45, 2.75) is 25.9 Å². The van der Waals surface area contributed by atoms with Gasteiger partial charge in [0.25, 0.3) is 0 Å². The zero-order valence-corrected chi connectivity index (χ0v) is 12.4. The summed E-state index contributed by atoms with van der Waals surface area (Å²) in [5, 5.41) is 2.98. The Morgan fingerprint density at radius 2 is 2.44 bits per heavy atom. The van der Waals surface area contributed by atoms with Crippen LogP contribution in [0.2, 0.25) is 0 Å². The molecule has 1 N–H and O–H groups in total. The molecule has 6 heteroatoms. The average molecular weight is 328 g/mol. The number of aromatic nitrogens is 2. The van der Waals surface area contributed by atoms with Gasteiger partial charge in [0, 0.05) is 29.9 Å². The predicted octanol–water partition coefficient (Wildman–Crippen LogP) is 2.45. The Labute approximate surface area is 118 Å². The van der Waals surface area contributed by atoms with Gasteiger partial charge in [-0.15, -0.1) is 11.3 Å². The maximum absolute atomic E-state index is 11.8. The van der Waals surface area contributed by atoms with Crippen LogP contribution in [0.15, 0.2) is 34.6 Å². The third-order valence-electron chi connectivity index (χ3n) is 2.41. The molecule has 96 valence electrons. The number of nitrogens with zero attached hydrogens (tertiary/aromatic N) is 2. The molecular formula is C12H14BrN3OS. The highest BCUT2D eigenvalue weighted by atomic mass is 79.9. The molecule has 2 aromatic heterocycles. The summed E-state index contributed by atoms with van der Waals surface area (Å²) in [6.45, 7) is 2.72. The minimum atomic E-state index is 0.0527. The number of carbonyl (C=O) groups is 1. The monoisotopic (exact) mass is 327 g/mol. The van der Waals surface area contributed by atoms with E-state index < -0.39 is 0 Å². The van der Waals surface area contributed by atoms with Gasteiger partial charge < -0.3 is 9.88 Å². The number of hydrogen-bond donors (Lipinski definition) is 1. The van der Waals surface area contributed by atoms with Gasteiger partial charge >= 0.3 is 0 Å². The van der Waals surface area contributed by atoms with Gasteiger partial charge in [0.2, 0.25) is 5.91 Å². The van der Waals surface area contributed by atoms with E-state index in [4.69, 9.17) is 0 Å². The zero-order chi connectivity index (χ0) is 13.0. The smallest absolute Gasteiger partial charge is 0.225 e. The minimum absolute atomic E-state index is 0.0527. The Morgan fingerprint density at radius 3 is 3.06 bits per heavy atom. The molecule has 2 rings (SSSR count). The van der Waals surface area contributed by atoms with Crippen molar-refractivity contribution < 1.29 is 4.79 Å². The molecule has 2 aromatic rings. The first kappa shape index (κ1) is 13.3. The first-order valence-electron chi connectivity index (χ1n) is 5.63. The van der Waals surface area contributed by atoms with Crippen molar-refractivity contribution in [2.75, 3.05) is 0 Å². The van der Waals surface area contributed by atoms with Crippen molar-refractivity contribution in [1.82, 2.24) is 14.9 Å². The largest absolute Gasteiger partial charge is 0.352 e. The van der Waals surface area contributed by atoms with E-state index in [2.05, 4.69) is 26.2 Å². The van der Waals surface area contributed by atoms with Crippen LogP contribution in [0.5, 0.6) is 0 Å². The van der Waals surface area contributed by atoms with Crippen molar-refractivity contribution in [1.29, 1.82) is 0 Å². The number of nitrogens with one attached hydrogen (secondary N) is 1. The van der Waals surface area contributed by atoms with E-state index in [1.165, 1.54) is 0 Å². The number of halogens is 1. The van der Waals surface area contributed by atoms with Gasteiger partial charge in [0.1, 0.15) is 0 Å². The molecule has 0 aliphatic carbocycles. The Hall–Kier alpha value is -1.14. The standard InChI is InChI=1S/C12H14BrN3OS/c1-9(7-16-5-4-14-8-16)15-12(17)6-10-2-3-11(13)18-10/h2-5,8-9H,6-7H2,1H3,(H,15,17)/t9-/m0/s1. The molecule has 0 bridgehead atoms. The van der Waals surface area contributed by atoms with Crippen LogP contribution in [0.4, 0.5) is 0 Å². The van der Waals surface area contributed by atoms with Crippen LogP contribution in [-0.4, -0.2) is 21.5 Å². The minimum Gasteiger partial charge on any atom is -0.352 e. The lowest BCUT2D eigenvalue weighted by Crippen LogP contribution is -2.36. The summed E-state index contributed by atoms with van der Waals surface area (Å²) in [6.07, 6.45) is 5.81. The number of rotatable bonds is 5. The lowest BCUT2D eigenvalue weighted by molar-refractivity contribution is -0.121. The van der Waals surface area contributed by atoms with Crippen LogP contribution in [0.3, 0.4) is 0 Å². The molecule has 1 amide bonds. The fourth-order valence-corrected chi connectivity index (χ4v) is 3.17. The number of hydrogen-bond acceptors (Lipinski definition) is 3. The molecule has 0 spiro atoms. The normalized spacial score (nSPS) is 12.3. The van der Waals surface area contributed by atoms with Gasteiger partial charge in [-0.3, -0.25) is 4.79 Å². The molecule has 0 saturated heterocycles. The third kappa shape index (κ3) is 3.96. The van der Waals surface area contributed by atoms with E-state index in [1.807, 2.05) is 29.8 Å². The van der Waals surface area contributed by atoms with Gasteiger partial charge in [-0.05, 0) is 35.0 Å². The highest BCUT2D eigenvalue weighted by Gasteiger charge is 2.09. The van der Waals surface area contributed by atoms with Crippen LogP contribution in [0.25, 0.3) is 0 Å². The topological polar surface area (TPSA) is 46.9 Å². The second kappa shape index (κ2) is 6.15. The first-order chi connectivity index (χ1) is 8.63. The van der Waals surface area contributed by atoms with E-state index in [0.29, 0.717) is 6.42 Å². The maximum atomic E-state index is 11.8. The zero-order valence-electron chi connectivity index (χ0n) is 9.97. The van der Waals surface area contributed by atoms with Gasteiger partial charge in [0.05, 0.1) is 16.5 Å². The molecule has 4 nitrogen and oxygen atoms in total. The quantitative estimate of drug-likeness (QED) is 0.916. The lowest BCUT2D eigenvalue weighted by atomic mass is 10.3. The van der Waals surface area contributed by atoms with Crippen molar-refractivity contribution in [3.05, 3.63) is 39.5 Å². The van der Waals surface area contributed by atoms with E-state index >= 15 is 0 Å². The molecule has 1 atom stereocenters. The van der Waals surface area contributed by atoms with Crippen LogP contribution in [0.1, 0.15) is 11.8 Å². The van der Waals surface area contributed by atoms with Gasteiger partial charge in [-0.1, -0.05) is 0 Å². The van der Waals surface area contributed by atoms with E-state index in [0.717, 1.165) is 15.2 Å². The van der Waals surface area contributed by atoms with Gasteiger partial charge in [-0.25, -0.2) is 4.98 Å². The Kier molecular flexibility index (Phi) is 4.54. The maximum Gasteiger partial charge on any atom is 0.225 e. The van der Waals surface area contributed by atoms with Gasteiger partial charge in [-0.2, -0.15) is 0 Å². The summed E-state index contributed by atoms with van der Waals surface area (Å²) < 4.78 is 3.00. The van der Waals surface area contributed by atoms with Crippen molar-refractivity contribution in [3.8, 4) is 0 Å². The molecule has 0 unspecified atom stereocenters. The highest BCUT2D eigenvalue weighted by molar-refractivity contribution is 9.11. The number of carbonyl (C=O) groups excluding carboxylic acids is 1. The lowest BCUT2D eigenvalue weighted by Gasteiger charge is -2.13. The molecule has 0 aromatic carbocycles. The van der Waals surface area contributed by atoms with E-state index in [9.17, 15) is 4.79 Å². The molecule has 0 aliphatic heterocycles. The second-order valence-corrected chi connectivity index (χ2v) is 6.66. The van der Waals surface area contributed by atoms with Crippen molar-refractivity contribution in [3.63, 3.8) is 0 Å². The summed E-state index contributed by atoms with van der Waals surface area (Å²) in [5.41, 5.74) is 0. The predicted molar refractivity (Wildman–Crippen MR) is 75.6 cm³/mol. The van der Waals surface area contributed by atoms with Crippen LogP contribution < -0.4 is 5.32 Å². The first-order valence-corrected chi connectivity index (χ1v) is 7.24. The second-order valence-electron chi connectivity index (χ2n) is 4.11. The average Bonchev–Trinajstić information content (AvgIpc) is 2.90. The summed E-state index contributed by atoms with van der Waals surface area (Å²) in [7, 11) is 0. The molecule has 18 heavy (non-hydrogen) atoms.